The molecular formula is C23H25N3. The fraction of sp³-hybridized carbons (Fsp3) is 0.304. The second-order valence-corrected chi connectivity index (χ2v) is 6.12. The molecule has 0 fully saturated rings. The smallest absolute Gasteiger partial charge is 0.187 e. The number of aromatic nitrogens is 2. The predicted molar refractivity (Wildman–Crippen MR) is 108 cm³/mol. The molecule has 2 aromatic carbocycles. The third-order valence-electron chi connectivity index (χ3n) is 4.05. The van der Waals surface area contributed by atoms with E-state index in [4.69, 9.17) is 20.3 Å². The predicted octanol–water partition coefficient (Wildman–Crippen LogP) is 6.65. The molecule has 1 heterocycles. The van der Waals surface area contributed by atoms with E-state index in [9.17, 15) is 0 Å². The zero-order valence-corrected chi connectivity index (χ0v) is 14.8. The summed E-state index contributed by atoms with van der Waals surface area (Å²) >= 11 is 0. The van der Waals surface area contributed by atoms with Crippen molar-refractivity contribution in [2.75, 3.05) is 0 Å². The van der Waals surface area contributed by atoms with Gasteiger partial charge in [0.2, 0.25) is 0 Å². The van der Waals surface area contributed by atoms with Crippen LogP contribution in [0.3, 0.4) is 0 Å². The van der Waals surface area contributed by atoms with Crippen molar-refractivity contribution < 1.29 is 13.7 Å². The van der Waals surface area contributed by atoms with Crippen LogP contribution in [0.4, 0.5) is 5.69 Å². The summed E-state index contributed by atoms with van der Waals surface area (Å²) in [4.78, 5) is 7.55. The van der Waals surface area contributed by atoms with Crippen LogP contribution >= 0.6 is 0 Å². The van der Waals surface area contributed by atoms with Crippen LogP contribution < -0.4 is 0 Å². The van der Waals surface area contributed by atoms with Crippen molar-refractivity contribution in [3.8, 4) is 17.1 Å². The molecular weight excluding hydrogens is 318 g/mol. The maximum atomic E-state index is 8.83. The summed E-state index contributed by atoms with van der Waals surface area (Å²) in [5, 5.41) is 0. The highest BCUT2D eigenvalue weighted by Gasteiger charge is 2.19. The lowest BCUT2D eigenvalue weighted by atomic mass is 9.90. The Morgan fingerprint density at radius 2 is 1.88 bits per heavy atom. The van der Waals surface area contributed by atoms with E-state index in [1.165, 1.54) is 32.0 Å². The van der Waals surface area contributed by atoms with Gasteiger partial charge in [-0.2, -0.15) is 0 Å². The van der Waals surface area contributed by atoms with E-state index in [1.54, 1.807) is 25.1 Å². The second kappa shape index (κ2) is 7.17. The Morgan fingerprint density at radius 1 is 1.19 bits per heavy atom. The molecule has 26 heavy (non-hydrogen) atoms. The van der Waals surface area contributed by atoms with Crippen LogP contribution in [0, 0.1) is 13.5 Å². The highest BCUT2D eigenvalue weighted by atomic mass is 15.1. The van der Waals surface area contributed by atoms with Gasteiger partial charge < -0.3 is 0 Å². The topological polar surface area (TPSA) is 22.2 Å². The molecule has 132 valence electrons. The molecule has 0 aliphatic heterocycles. The van der Waals surface area contributed by atoms with Crippen LogP contribution in [0.25, 0.3) is 21.9 Å². The third-order valence-corrected chi connectivity index (χ3v) is 4.05. The minimum atomic E-state index is -2.86. The zero-order chi connectivity index (χ0) is 27.4. The summed E-state index contributed by atoms with van der Waals surface area (Å²) < 4.78 is 83.8. The van der Waals surface area contributed by atoms with E-state index in [2.05, 4.69) is 9.83 Å². The SMILES string of the molecule is [2H]c1nc(-c2cccc([N+]#[C-])c2)n(-c2c(C([2H])(C)C([2H])([2H])[2H])cc(C)cc2C([2H])(C)C([2H])([2H])[2H])c1[2H]. The molecule has 0 N–H and O–H groups in total. The number of benzene rings is 2. The van der Waals surface area contributed by atoms with Gasteiger partial charge in [0, 0.05) is 28.9 Å². The molecule has 3 rings (SSSR count). The van der Waals surface area contributed by atoms with Crippen molar-refractivity contribution in [3.05, 3.63) is 76.9 Å². The number of nitrogens with zero attached hydrogens (tertiary/aromatic N) is 3. The number of hydrogen-bond donors (Lipinski definition) is 0. The van der Waals surface area contributed by atoms with E-state index in [-0.39, 0.29) is 28.3 Å². The van der Waals surface area contributed by atoms with Gasteiger partial charge in [0.1, 0.15) is 5.82 Å². The van der Waals surface area contributed by atoms with Crippen molar-refractivity contribution in [1.82, 2.24) is 9.55 Å². The molecule has 3 nitrogen and oxygen atoms in total. The summed E-state index contributed by atoms with van der Waals surface area (Å²) in [6.07, 6.45) is -0.955. The fourth-order valence-electron chi connectivity index (χ4n) is 2.89. The summed E-state index contributed by atoms with van der Waals surface area (Å²) in [6.45, 7) is 5.53. The normalized spacial score (nSPS) is 22.2. The fourth-order valence-corrected chi connectivity index (χ4v) is 2.89. The van der Waals surface area contributed by atoms with Crippen LogP contribution in [0.15, 0.2) is 48.7 Å². The zero-order valence-electron chi connectivity index (χ0n) is 24.8. The highest BCUT2D eigenvalue weighted by molar-refractivity contribution is 5.67. The highest BCUT2D eigenvalue weighted by Crippen LogP contribution is 2.35. The Labute approximate surface area is 170 Å². The third kappa shape index (κ3) is 3.28. The molecule has 0 bridgehead atoms. The standard InChI is InChI=1S/C23H25N3/c1-15(2)20-12-17(5)13-21(16(3)4)22(20)26-11-10-25-23(26)18-8-7-9-19(14-18)24-6/h7-16H,1-5H3/i1D3,3D3,10D,11D,15D,16D. The van der Waals surface area contributed by atoms with Gasteiger partial charge >= 0.3 is 0 Å². The van der Waals surface area contributed by atoms with Gasteiger partial charge in [-0.15, -0.1) is 0 Å². The lowest BCUT2D eigenvalue weighted by molar-refractivity contribution is 0.804. The molecule has 0 aliphatic carbocycles. The van der Waals surface area contributed by atoms with Gasteiger partial charge in [-0.25, -0.2) is 9.83 Å². The van der Waals surface area contributed by atoms with Crippen molar-refractivity contribution in [2.45, 2.75) is 46.3 Å². The van der Waals surface area contributed by atoms with Gasteiger partial charge in [-0.3, -0.25) is 4.57 Å². The largest absolute Gasteiger partial charge is 0.299 e. The van der Waals surface area contributed by atoms with E-state index in [0.717, 1.165) is 4.57 Å². The second-order valence-electron chi connectivity index (χ2n) is 6.12. The molecule has 0 amide bonds. The van der Waals surface area contributed by atoms with E-state index < -0.39 is 37.8 Å². The minimum absolute atomic E-state index is 0.00969. The number of aryl methyl sites for hydroxylation is 1. The van der Waals surface area contributed by atoms with Gasteiger partial charge in [-0.1, -0.05) is 63.4 Å². The first-order valence-electron chi connectivity index (χ1n) is 13.0. The maximum Gasteiger partial charge on any atom is 0.187 e. The van der Waals surface area contributed by atoms with Crippen LogP contribution in [0.5, 0.6) is 0 Å². The Morgan fingerprint density at radius 3 is 2.50 bits per heavy atom. The lowest BCUT2D eigenvalue weighted by Crippen LogP contribution is -2.08. The minimum Gasteiger partial charge on any atom is -0.299 e. The van der Waals surface area contributed by atoms with Crippen LogP contribution in [0.2, 0.25) is 0 Å². The molecule has 0 radical (unpaired) electrons. The monoisotopic (exact) mass is 353 g/mol. The molecule has 2 atom stereocenters. The van der Waals surface area contributed by atoms with Crippen LogP contribution in [0.1, 0.15) is 69.7 Å². The maximum absolute atomic E-state index is 8.83. The number of rotatable bonds is 4. The summed E-state index contributed by atoms with van der Waals surface area (Å²) in [7, 11) is 0. The van der Waals surface area contributed by atoms with Gasteiger partial charge in [-0.05, 0) is 35.9 Å². The number of hydrogen-bond acceptors (Lipinski definition) is 1. The summed E-state index contributed by atoms with van der Waals surface area (Å²) in [6, 6.07) is 9.06. The van der Waals surface area contributed by atoms with Gasteiger partial charge in [0.15, 0.2) is 5.69 Å². The molecule has 0 saturated heterocycles. The average Bonchev–Trinajstić information content (AvgIpc) is 3.05. The van der Waals surface area contributed by atoms with Crippen molar-refractivity contribution in [2.24, 2.45) is 0 Å². The first kappa shape index (κ1) is 9.19. The molecule has 2 unspecified atom stereocenters. The van der Waals surface area contributed by atoms with Crippen molar-refractivity contribution >= 4 is 5.69 Å². The average molecular weight is 354 g/mol. The van der Waals surface area contributed by atoms with Crippen LogP contribution in [-0.2, 0) is 0 Å². The quantitative estimate of drug-likeness (QED) is 0.482. The van der Waals surface area contributed by atoms with Crippen LogP contribution in [-0.4, -0.2) is 9.55 Å². The van der Waals surface area contributed by atoms with Gasteiger partial charge in [0.05, 0.1) is 15.0 Å². The molecule has 0 aliphatic rings. The summed E-state index contributed by atoms with van der Waals surface area (Å²) in [5.41, 5.74) is 0.590. The Hall–Kier alpha value is -2.86. The Balaban J connectivity index is 2.60. The first-order valence-corrected chi connectivity index (χ1v) is 8.04. The van der Waals surface area contributed by atoms with Gasteiger partial charge in [0.25, 0.3) is 0 Å². The Bertz CT molecular complexity index is 1310. The van der Waals surface area contributed by atoms with E-state index >= 15 is 0 Å². The lowest BCUT2D eigenvalue weighted by Gasteiger charge is -2.23. The molecule has 0 saturated carbocycles. The molecule has 0 spiro atoms. The molecule has 3 aromatic rings. The molecule has 3 heteroatoms. The van der Waals surface area contributed by atoms with Crippen molar-refractivity contribution in [3.63, 3.8) is 0 Å². The van der Waals surface area contributed by atoms with E-state index in [1.807, 2.05) is 0 Å². The Kier molecular flexibility index (Phi) is 2.53. The summed E-state index contributed by atoms with van der Waals surface area (Å²) in [5.74, 6) is -4.56. The number of imidazole rings is 1. The van der Waals surface area contributed by atoms with E-state index in [0.29, 0.717) is 11.1 Å². The first-order chi connectivity index (χ1) is 16.3. The van der Waals surface area contributed by atoms with Crippen molar-refractivity contribution in [1.29, 1.82) is 0 Å². The molecule has 1 aromatic heterocycles.